The molecule has 1 saturated heterocycles. The second-order valence-electron chi connectivity index (χ2n) is 7.91. The molecular formula is C25H27N3O5. The highest BCUT2D eigenvalue weighted by molar-refractivity contribution is 5.96. The fourth-order valence-corrected chi connectivity index (χ4v) is 3.84. The van der Waals surface area contributed by atoms with Crippen molar-refractivity contribution in [3.05, 3.63) is 72.0 Å². The van der Waals surface area contributed by atoms with E-state index in [2.05, 4.69) is 10.2 Å². The lowest BCUT2D eigenvalue weighted by Gasteiger charge is -2.16. The Morgan fingerprint density at radius 2 is 1.85 bits per heavy atom. The van der Waals surface area contributed by atoms with Crippen LogP contribution in [0.2, 0.25) is 0 Å². The summed E-state index contributed by atoms with van der Waals surface area (Å²) in [5.41, 5.74) is 3.55. The highest BCUT2D eigenvalue weighted by atomic mass is 16.5. The number of benzene rings is 2. The van der Waals surface area contributed by atoms with E-state index in [0.29, 0.717) is 30.2 Å². The Morgan fingerprint density at radius 3 is 2.58 bits per heavy atom. The van der Waals surface area contributed by atoms with E-state index in [1.165, 1.54) is 12.8 Å². The van der Waals surface area contributed by atoms with Crippen LogP contribution in [0.25, 0.3) is 16.5 Å². The molecule has 1 aliphatic heterocycles. The van der Waals surface area contributed by atoms with Crippen LogP contribution >= 0.6 is 0 Å². The molecule has 0 spiro atoms. The van der Waals surface area contributed by atoms with Gasteiger partial charge in [0.2, 0.25) is 5.91 Å². The Labute approximate surface area is 191 Å². The van der Waals surface area contributed by atoms with E-state index in [-0.39, 0.29) is 12.5 Å². The molecule has 0 unspecified atom stereocenters. The van der Waals surface area contributed by atoms with Crippen molar-refractivity contribution in [1.82, 2.24) is 15.7 Å². The lowest BCUT2D eigenvalue weighted by molar-refractivity contribution is -0.116. The van der Waals surface area contributed by atoms with Gasteiger partial charge in [-0.05, 0) is 62.3 Å². The number of hydrogen-bond acceptors (Lipinski definition) is 6. The Hall–Kier alpha value is -3.62. The molecule has 33 heavy (non-hydrogen) atoms. The number of fused-ring (bicyclic) bond motifs is 1. The van der Waals surface area contributed by atoms with Crippen LogP contribution in [-0.4, -0.2) is 54.7 Å². The summed E-state index contributed by atoms with van der Waals surface area (Å²) in [6.07, 6.45) is 3.95. The molecule has 1 aliphatic rings. The molecule has 3 N–H and O–H groups in total. The second-order valence-corrected chi connectivity index (χ2v) is 7.91. The summed E-state index contributed by atoms with van der Waals surface area (Å²) in [5, 5.41) is 12.5. The number of rotatable bonds is 9. The predicted molar refractivity (Wildman–Crippen MR) is 124 cm³/mol. The Morgan fingerprint density at radius 1 is 1.09 bits per heavy atom. The van der Waals surface area contributed by atoms with Gasteiger partial charge in [-0.1, -0.05) is 18.2 Å². The summed E-state index contributed by atoms with van der Waals surface area (Å²) >= 11 is 0. The van der Waals surface area contributed by atoms with Crippen molar-refractivity contribution in [3.8, 4) is 5.75 Å². The number of ether oxygens (including phenoxy) is 1. The van der Waals surface area contributed by atoms with Crippen molar-refractivity contribution >= 4 is 28.4 Å². The third-order valence-corrected chi connectivity index (χ3v) is 5.53. The molecule has 172 valence electrons. The van der Waals surface area contributed by atoms with Crippen molar-refractivity contribution in [2.75, 3.05) is 32.8 Å². The van der Waals surface area contributed by atoms with E-state index in [1.807, 2.05) is 30.3 Å². The molecule has 0 aliphatic carbocycles. The van der Waals surface area contributed by atoms with Crippen LogP contribution < -0.4 is 15.5 Å². The number of furan rings is 1. The van der Waals surface area contributed by atoms with Gasteiger partial charge < -0.3 is 14.5 Å². The normalized spacial score (nSPS) is 14.4. The van der Waals surface area contributed by atoms with E-state index < -0.39 is 5.91 Å². The van der Waals surface area contributed by atoms with Gasteiger partial charge in [-0.2, -0.15) is 0 Å². The van der Waals surface area contributed by atoms with E-state index in [1.54, 1.807) is 35.8 Å². The summed E-state index contributed by atoms with van der Waals surface area (Å²) in [4.78, 5) is 26.3. The van der Waals surface area contributed by atoms with Gasteiger partial charge in [0.25, 0.3) is 5.91 Å². The van der Waals surface area contributed by atoms with Crippen molar-refractivity contribution in [3.63, 3.8) is 0 Å². The first-order valence-corrected chi connectivity index (χ1v) is 11.0. The third-order valence-electron chi connectivity index (χ3n) is 5.53. The third kappa shape index (κ3) is 6.00. The number of likely N-dealkylation sites (tertiary alicyclic amines) is 1. The van der Waals surface area contributed by atoms with Crippen molar-refractivity contribution in [2.24, 2.45) is 0 Å². The first kappa shape index (κ1) is 22.6. The standard InChI is InChI=1S/C25H27N3O5/c29-24(26-11-14-32-21-9-7-18(8-10-21)25(30)27-31)16-20(17-28-12-3-4-13-28)23-15-19-5-1-2-6-22(19)33-23/h1-2,5-10,15-16,31H,3-4,11-14,17H2,(H,26,29)(H,27,30)/b20-16+. The zero-order valence-corrected chi connectivity index (χ0v) is 18.3. The van der Waals surface area contributed by atoms with Crippen LogP contribution in [0.5, 0.6) is 5.75 Å². The van der Waals surface area contributed by atoms with Crippen molar-refractivity contribution in [2.45, 2.75) is 12.8 Å². The predicted octanol–water partition coefficient (Wildman–Crippen LogP) is 3.23. The molecule has 4 rings (SSSR count). The number of para-hydroxylation sites is 1. The van der Waals surface area contributed by atoms with Gasteiger partial charge in [0.15, 0.2) is 0 Å². The molecule has 2 heterocycles. The van der Waals surface area contributed by atoms with Gasteiger partial charge in [0.05, 0.1) is 6.54 Å². The summed E-state index contributed by atoms with van der Waals surface area (Å²) in [7, 11) is 0. The molecule has 0 saturated carbocycles. The van der Waals surface area contributed by atoms with Gasteiger partial charge in [0, 0.05) is 29.1 Å². The molecule has 8 nitrogen and oxygen atoms in total. The summed E-state index contributed by atoms with van der Waals surface area (Å²) < 4.78 is 11.6. The maximum atomic E-state index is 12.6. The van der Waals surface area contributed by atoms with Gasteiger partial charge in [0.1, 0.15) is 23.7 Å². The van der Waals surface area contributed by atoms with Crippen LogP contribution in [0.3, 0.4) is 0 Å². The van der Waals surface area contributed by atoms with Crippen molar-refractivity contribution in [1.29, 1.82) is 0 Å². The van der Waals surface area contributed by atoms with E-state index in [4.69, 9.17) is 14.4 Å². The summed E-state index contributed by atoms with van der Waals surface area (Å²) in [6.45, 7) is 3.30. The first-order chi connectivity index (χ1) is 16.1. The minimum Gasteiger partial charge on any atom is -0.492 e. The number of nitrogens with zero attached hydrogens (tertiary/aromatic N) is 1. The number of nitrogens with one attached hydrogen (secondary N) is 2. The molecule has 8 heteroatoms. The molecule has 2 aromatic carbocycles. The molecule has 3 aromatic rings. The van der Waals surface area contributed by atoms with Gasteiger partial charge >= 0.3 is 0 Å². The van der Waals surface area contributed by atoms with E-state index in [0.717, 1.165) is 29.6 Å². The minimum absolute atomic E-state index is 0.205. The quantitative estimate of drug-likeness (QED) is 0.201. The monoisotopic (exact) mass is 449 g/mol. The van der Waals surface area contributed by atoms with Crippen LogP contribution in [0.1, 0.15) is 29.0 Å². The summed E-state index contributed by atoms with van der Waals surface area (Å²) in [6, 6.07) is 16.1. The van der Waals surface area contributed by atoms with Crippen LogP contribution in [0, 0.1) is 0 Å². The van der Waals surface area contributed by atoms with Gasteiger partial charge in [-0.3, -0.25) is 19.7 Å². The molecule has 2 amide bonds. The zero-order valence-electron chi connectivity index (χ0n) is 18.3. The zero-order chi connectivity index (χ0) is 23.0. The number of hydrogen-bond donors (Lipinski definition) is 3. The average molecular weight is 450 g/mol. The number of carbonyl (C=O) groups excluding carboxylic acids is 2. The van der Waals surface area contributed by atoms with E-state index >= 15 is 0 Å². The van der Waals surface area contributed by atoms with Gasteiger partial charge in [-0.25, -0.2) is 5.48 Å². The molecule has 0 bridgehead atoms. The lowest BCUT2D eigenvalue weighted by Crippen LogP contribution is -2.28. The Kier molecular flexibility index (Phi) is 7.39. The number of amides is 2. The van der Waals surface area contributed by atoms with Crippen LogP contribution in [-0.2, 0) is 4.79 Å². The van der Waals surface area contributed by atoms with E-state index in [9.17, 15) is 9.59 Å². The smallest absolute Gasteiger partial charge is 0.274 e. The second kappa shape index (κ2) is 10.8. The topological polar surface area (TPSA) is 104 Å². The molecule has 0 atom stereocenters. The lowest BCUT2D eigenvalue weighted by atomic mass is 10.1. The Balaban J connectivity index is 1.35. The molecule has 0 radical (unpaired) electrons. The molecule has 1 fully saturated rings. The molecule has 1 aromatic heterocycles. The average Bonchev–Trinajstić information content (AvgIpc) is 3.51. The largest absolute Gasteiger partial charge is 0.492 e. The van der Waals surface area contributed by atoms with Crippen molar-refractivity contribution < 1.29 is 24.0 Å². The maximum absolute atomic E-state index is 12.6. The first-order valence-electron chi connectivity index (χ1n) is 11.0. The molecular weight excluding hydrogens is 422 g/mol. The minimum atomic E-state index is -0.588. The summed E-state index contributed by atoms with van der Waals surface area (Å²) in [5.74, 6) is 0.478. The number of hydroxylamine groups is 1. The van der Waals surface area contributed by atoms with Crippen LogP contribution in [0.15, 0.2) is 65.1 Å². The fourth-order valence-electron chi connectivity index (χ4n) is 3.84. The van der Waals surface area contributed by atoms with Crippen LogP contribution in [0.4, 0.5) is 0 Å². The SMILES string of the molecule is O=C(/C=C(\CN1CCCC1)c1cc2ccccc2o1)NCCOc1ccc(C(=O)NO)cc1. The maximum Gasteiger partial charge on any atom is 0.274 e. The highest BCUT2D eigenvalue weighted by Crippen LogP contribution is 2.26. The fraction of sp³-hybridized carbons (Fsp3) is 0.280. The number of carbonyl (C=O) groups is 2. The Bertz CT molecular complexity index is 1100. The van der Waals surface area contributed by atoms with Gasteiger partial charge in [-0.15, -0.1) is 0 Å². The highest BCUT2D eigenvalue weighted by Gasteiger charge is 2.17.